The molecule has 19 heavy (non-hydrogen) atoms. The molecule has 0 N–H and O–H groups in total. The zero-order chi connectivity index (χ0) is 12.8. The number of hydrogen-bond acceptors (Lipinski definition) is 4. The summed E-state index contributed by atoms with van der Waals surface area (Å²) in [5, 5.41) is 2.21. The van der Waals surface area contributed by atoms with E-state index >= 15 is 0 Å². The lowest BCUT2D eigenvalue weighted by Gasteiger charge is -2.08. The van der Waals surface area contributed by atoms with Crippen molar-refractivity contribution in [2.45, 2.75) is 13.3 Å². The normalized spacial score (nSPS) is 13.5. The number of nitrogens with zero attached hydrogens (tertiary/aromatic N) is 2. The molecule has 1 aromatic carbocycles. The summed E-state index contributed by atoms with van der Waals surface area (Å²) in [6, 6.07) is 6.24. The van der Waals surface area contributed by atoms with Crippen LogP contribution in [0, 0.1) is 6.92 Å². The monoisotopic (exact) mass is 252 g/mol. The van der Waals surface area contributed by atoms with Crippen molar-refractivity contribution in [2.24, 2.45) is 0 Å². The summed E-state index contributed by atoms with van der Waals surface area (Å²) in [7, 11) is 0. The second-order valence-electron chi connectivity index (χ2n) is 4.68. The molecule has 0 atom stereocenters. The first-order valence-electron chi connectivity index (χ1n) is 6.29. The van der Waals surface area contributed by atoms with Crippen LogP contribution in [0.15, 0.2) is 35.1 Å². The number of fused-ring (bicyclic) bond motifs is 3. The van der Waals surface area contributed by atoms with Gasteiger partial charge in [0.15, 0.2) is 0 Å². The molecular formula is C15H12N2O2. The van der Waals surface area contributed by atoms with E-state index in [1.54, 1.807) is 12.5 Å². The third-order valence-corrected chi connectivity index (χ3v) is 3.51. The second kappa shape index (κ2) is 3.82. The van der Waals surface area contributed by atoms with Gasteiger partial charge in [0.25, 0.3) is 0 Å². The van der Waals surface area contributed by atoms with Crippen molar-refractivity contribution >= 4 is 10.8 Å². The minimum atomic E-state index is 0.542. The van der Waals surface area contributed by atoms with E-state index < -0.39 is 0 Å². The first-order valence-corrected chi connectivity index (χ1v) is 6.29. The van der Waals surface area contributed by atoms with Gasteiger partial charge in [0.1, 0.15) is 17.7 Å². The van der Waals surface area contributed by atoms with Gasteiger partial charge in [-0.3, -0.25) is 0 Å². The van der Waals surface area contributed by atoms with Gasteiger partial charge in [-0.05, 0) is 18.6 Å². The van der Waals surface area contributed by atoms with Crippen molar-refractivity contribution in [3.05, 3.63) is 41.9 Å². The molecule has 0 bridgehead atoms. The smallest absolute Gasteiger partial charge is 0.245 e. The van der Waals surface area contributed by atoms with Gasteiger partial charge < -0.3 is 9.15 Å². The number of hydrogen-bond donors (Lipinski definition) is 0. The molecule has 0 amide bonds. The molecule has 0 saturated heterocycles. The van der Waals surface area contributed by atoms with E-state index in [1.807, 2.05) is 13.0 Å². The fourth-order valence-electron chi connectivity index (χ4n) is 2.60. The van der Waals surface area contributed by atoms with Crippen LogP contribution in [-0.2, 0) is 6.42 Å². The third-order valence-electron chi connectivity index (χ3n) is 3.51. The largest absolute Gasteiger partial charge is 0.492 e. The number of aromatic nitrogens is 2. The predicted octanol–water partition coefficient (Wildman–Crippen LogP) is 3.13. The Bertz CT molecular complexity index is 763. The van der Waals surface area contributed by atoms with E-state index in [4.69, 9.17) is 9.15 Å². The maximum Gasteiger partial charge on any atom is 0.245 e. The molecule has 4 nitrogen and oxygen atoms in total. The second-order valence-corrected chi connectivity index (χ2v) is 4.68. The highest BCUT2D eigenvalue weighted by Crippen LogP contribution is 2.36. The molecule has 94 valence electrons. The van der Waals surface area contributed by atoms with E-state index in [0.29, 0.717) is 5.89 Å². The fourth-order valence-corrected chi connectivity index (χ4v) is 2.60. The number of aryl methyl sites for hydroxylation is 1. The summed E-state index contributed by atoms with van der Waals surface area (Å²) in [4.78, 5) is 8.72. The van der Waals surface area contributed by atoms with Crippen LogP contribution in [-0.4, -0.2) is 16.6 Å². The fraction of sp³-hybridized carbons (Fsp3) is 0.200. The van der Waals surface area contributed by atoms with Gasteiger partial charge in [0.05, 0.1) is 12.8 Å². The lowest BCUT2D eigenvalue weighted by atomic mass is 10.0. The standard InChI is InChI=1S/C15H12N2O2/c1-9-11-3-2-10-4-6-18-14(10)12(11)8-13(17-9)15-16-5-7-19-15/h2-3,5,7-8H,4,6H2,1H3. The number of benzene rings is 1. The number of rotatable bonds is 1. The highest BCUT2D eigenvalue weighted by molar-refractivity contribution is 5.93. The minimum absolute atomic E-state index is 0.542. The summed E-state index contributed by atoms with van der Waals surface area (Å²) < 4.78 is 11.1. The van der Waals surface area contributed by atoms with Crippen molar-refractivity contribution in [3.8, 4) is 17.3 Å². The van der Waals surface area contributed by atoms with Gasteiger partial charge in [0, 0.05) is 22.9 Å². The van der Waals surface area contributed by atoms with Crippen LogP contribution in [0.3, 0.4) is 0 Å². The number of oxazole rings is 1. The molecule has 2 aromatic heterocycles. The van der Waals surface area contributed by atoms with E-state index in [9.17, 15) is 0 Å². The van der Waals surface area contributed by atoms with Gasteiger partial charge in [-0.1, -0.05) is 12.1 Å². The van der Waals surface area contributed by atoms with Crippen molar-refractivity contribution in [2.75, 3.05) is 6.61 Å². The minimum Gasteiger partial charge on any atom is -0.492 e. The predicted molar refractivity (Wildman–Crippen MR) is 71.2 cm³/mol. The van der Waals surface area contributed by atoms with Crippen molar-refractivity contribution in [1.29, 1.82) is 0 Å². The van der Waals surface area contributed by atoms with Crippen LogP contribution >= 0.6 is 0 Å². The summed E-state index contributed by atoms with van der Waals surface area (Å²) in [5.41, 5.74) is 2.97. The molecule has 4 rings (SSSR count). The lowest BCUT2D eigenvalue weighted by Crippen LogP contribution is -1.92. The molecule has 3 heterocycles. The van der Waals surface area contributed by atoms with Gasteiger partial charge in [-0.15, -0.1) is 0 Å². The van der Waals surface area contributed by atoms with E-state index in [0.717, 1.165) is 40.9 Å². The molecule has 0 spiro atoms. The van der Waals surface area contributed by atoms with E-state index in [1.165, 1.54) is 5.56 Å². The molecule has 0 fully saturated rings. The van der Waals surface area contributed by atoms with Crippen LogP contribution in [0.25, 0.3) is 22.4 Å². The van der Waals surface area contributed by atoms with Crippen molar-refractivity contribution in [3.63, 3.8) is 0 Å². The molecule has 1 aliphatic heterocycles. The third kappa shape index (κ3) is 1.53. The van der Waals surface area contributed by atoms with Gasteiger partial charge >= 0.3 is 0 Å². The van der Waals surface area contributed by atoms with Gasteiger partial charge in [-0.25, -0.2) is 9.97 Å². The molecule has 1 aliphatic rings. The SMILES string of the molecule is Cc1nc(-c2ncco2)cc2c3c(ccc12)CCO3. The average Bonchev–Trinajstić information content (AvgIpc) is 3.09. The Labute approximate surface area is 110 Å². The summed E-state index contributed by atoms with van der Waals surface area (Å²) >= 11 is 0. The Kier molecular flexibility index (Phi) is 2.12. The number of pyridine rings is 1. The molecule has 4 heteroatoms. The summed E-state index contributed by atoms with van der Waals surface area (Å²) in [6.45, 7) is 2.75. The van der Waals surface area contributed by atoms with E-state index in [-0.39, 0.29) is 0 Å². The Morgan fingerprint density at radius 3 is 3.00 bits per heavy atom. The molecular weight excluding hydrogens is 240 g/mol. The number of ether oxygens (including phenoxy) is 1. The first-order chi connectivity index (χ1) is 9.33. The maximum absolute atomic E-state index is 5.76. The van der Waals surface area contributed by atoms with Crippen LogP contribution in [0.1, 0.15) is 11.3 Å². The molecule has 0 unspecified atom stereocenters. The van der Waals surface area contributed by atoms with Crippen molar-refractivity contribution in [1.82, 2.24) is 9.97 Å². The average molecular weight is 252 g/mol. The zero-order valence-electron chi connectivity index (χ0n) is 10.5. The Morgan fingerprint density at radius 2 is 2.16 bits per heavy atom. The van der Waals surface area contributed by atoms with Crippen molar-refractivity contribution < 1.29 is 9.15 Å². The molecule has 0 aliphatic carbocycles. The van der Waals surface area contributed by atoms with Gasteiger partial charge in [-0.2, -0.15) is 0 Å². The molecule has 3 aromatic rings. The topological polar surface area (TPSA) is 48.2 Å². The summed E-state index contributed by atoms with van der Waals surface area (Å²) in [5.74, 6) is 1.52. The van der Waals surface area contributed by atoms with Crippen LogP contribution in [0.2, 0.25) is 0 Å². The zero-order valence-corrected chi connectivity index (χ0v) is 10.5. The van der Waals surface area contributed by atoms with Crippen LogP contribution in [0.4, 0.5) is 0 Å². The quantitative estimate of drug-likeness (QED) is 0.667. The van der Waals surface area contributed by atoms with E-state index in [2.05, 4.69) is 22.1 Å². The molecule has 0 saturated carbocycles. The highest BCUT2D eigenvalue weighted by Gasteiger charge is 2.18. The van der Waals surface area contributed by atoms with Crippen LogP contribution < -0.4 is 4.74 Å². The Morgan fingerprint density at radius 1 is 1.21 bits per heavy atom. The Hall–Kier alpha value is -2.36. The Balaban J connectivity index is 2.05. The molecule has 0 radical (unpaired) electrons. The van der Waals surface area contributed by atoms with Crippen LogP contribution in [0.5, 0.6) is 5.75 Å². The van der Waals surface area contributed by atoms with Gasteiger partial charge in [0.2, 0.25) is 5.89 Å². The summed E-state index contributed by atoms with van der Waals surface area (Å²) in [6.07, 6.45) is 4.16. The first kappa shape index (κ1) is 10.6. The lowest BCUT2D eigenvalue weighted by molar-refractivity contribution is 0.360. The highest BCUT2D eigenvalue weighted by atomic mass is 16.5. The maximum atomic E-state index is 5.76.